The normalized spacial score (nSPS) is 13.8. The number of nitrogens with one attached hydrogen (secondary N) is 2. The Labute approximate surface area is 172 Å². The van der Waals surface area contributed by atoms with Gasteiger partial charge in [-0.05, 0) is 56.5 Å². The van der Waals surface area contributed by atoms with Gasteiger partial charge < -0.3 is 14.8 Å². The number of esters is 1. The number of ether oxygens (including phenoxy) is 2. The molecule has 0 saturated heterocycles. The summed E-state index contributed by atoms with van der Waals surface area (Å²) < 4.78 is 10.6. The fraction of sp³-hybridized carbons (Fsp3) is 0.391. The van der Waals surface area contributed by atoms with Crippen molar-refractivity contribution in [2.45, 2.75) is 39.3 Å². The molecule has 2 aromatic rings. The van der Waals surface area contributed by atoms with Gasteiger partial charge in [-0.15, -0.1) is 0 Å². The van der Waals surface area contributed by atoms with E-state index in [1.807, 2.05) is 44.2 Å². The van der Waals surface area contributed by atoms with Crippen LogP contribution < -0.4 is 15.4 Å². The molecule has 2 atom stereocenters. The van der Waals surface area contributed by atoms with Gasteiger partial charge in [-0.2, -0.15) is 0 Å². The largest absolute Gasteiger partial charge is 0.491 e. The number of carbonyl (C=O) groups is 2. The lowest BCUT2D eigenvalue weighted by atomic mass is 10.0. The van der Waals surface area contributed by atoms with Crippen LogP contribution in [-0.2, 0) is 14.3 Å². The van der Waals surface area contributed by atoms with E-state index in [0.29, 0.717) is 5.75 Å². The number of carbonyl (C=O) groups excluding carboxylic acids is 2. The highest BCUT2D eigenvalue weighted by molar-refractivity contribution is 5.83. The van der Waals surface area contributed by atoms with E-state index in [4.69, 9.17) is 9.47 Å². The van der Waals surface area contributed by atoms with Crippen LogP contribution in [0.5, 0.6) is 5.75 Å². The summed E-state index contributed by atoms with van der Waals surface area (Å²) >= 11 is 0. The zero-order chi connectivity index (χ0) is 21.4. The second-order valence-corrected chi connectivity index (χ2v) is 7.41. The van der Waals surface area contributed by atoms with Crippen molar-refractivity contribution in [3.8, 4) is 5.75 Å². The van der Waals surface area contributed by atoms with E-state index in [0.717, 1.165) is 5.56 Å². The molecule has 0 aromatic heterocycles. The monoisotopic (exact) mass is 398 g/mol. The molecule has 2 unspecified atom stereocenters. The molecule has 0 spiro atoms. The van der Waals surface area contributed by atoms with E-state index in [1.165, 1.54) is 18.2 Å². The minimum atomic E-state index is -1.16. The Balaban J connectivity index is 1.95. The molecule has 0 heterocycles. The molecule has 2 N–H and O–H groups in total. The van der Waals surface area contributed by atoms with Crippen LogP contribution in [-0.4, -0.2) is 37.7 Å². The van der Waals surface area contributed by atoms with Crippen molar-refractivity contribution in [1.29, 1.82) is 0 Å². The van der Waals surface area contributed by atoms with Crippen LogP contribution >= 0.6 is 0 Å². The molecular weight excluding hydrogens is 368 g/mol. The lowest BCUT2D eigenvalue weighted by Crippen LogP contribution is -2.57. The molecule has 0 aliphatic rings. The zero-order valence-electron chi connectivity index (χ0n) is 17.7. The second-order valence-electron chi connectivity index (χ2n) is 7.41. The van der Waals surface area contributed by atoms with Gasteiger partial charge in [0.15, 0.2) is 0 Å². The summed E-state index contributed by atoms with van der Waals surface area (Å²) in [7, 11) is 1.31. The quantitative estimate of drug-likeness (QED) is 0.635. The highest BCUT2D eigenvalue weighted by atomic mass is 16.5. The van der Waals surface area contributed by atoms with E-state index < -0.39 is 11.5 Å². The highest BCUT2D eigenvalue weighted by Gasteiger charge is 2.35. The van der Waals surface area contributed by atoms with Gasteiger partial charge in [0.2, 0.25) is 5.91 Å². The van der Waals surface area contributed by atoms with Gasteiger partial charge in [-0.1, -0.05) is 36.4 Å². The van der Waals surface area contributed by atoms with Crippen LogP contribution in [0.1, 0.15) is 36.6 Å². The number of methoxy groups -OCH3 is 1. The molecule has 0 bridgehead atoms. The fourth-order valence-corrected chi connectivity index (χ4v) is 2.84. The minimum absolute atomic E-state index is 0.0314. The Hall–Kier alpha value is -2.86. The molecule has 0 saturated carbocycles. The van der Waals surface area contributed by atoms with Gasteiger partial charge in [0.25, 0.3) is 0 Å². The Morgan fingerprint density at radius 1 is 1.07 bits per heavy atom. The lowest BCUT2D eigenvalue weighted by molar-refractivity contribution is -0.149. The van der Waals surface area contributed by atoms with Crippen LogP contribution in [0, 0.1) is 13.8 Å². The molecule has 0 fully saturated rings. The van der Waals surface area contributed by atoms with E-state index >= 15 is 0 Å². The van der Waals surface area contributed by atoms with Crippen molar-refractivity contribution < 1.29 is 19.1 Å². The number of hydrogen-bond acceptors (Lipinski definition) is 5. The summed E-state index contributed by atoms with van der Waals surface area (Å²) in [6, 6.07) is 15.2. The fourth-order valence-electron chi connectivity index (χ4n) is 2.84. The lowest BCUT2D eigenvalue weighted by Gasteiger charge is -2.28. The average Bonchev–Trinajstić information content (AvgIpc) is 2.72. The van der Waals surface area contributed by atoms with E-state index in [2.05, 4.69) is 23.6 Å². The molecule has 29 heavy (non-hydrogen) atoms. The van der Waals surface area contributed by atoms with Gasteiger partial charge in [0, 0.05) is 0 Å². The standard InChI is InChI=1S/C23H30N2O4/c1-16-11-12-19(13-17(16)2)18(3)25-21(26)14-24-23(4,22(27)28-5)15-29-20-9-7-6-8-10-20/h6-13,18,24H,14-15H2,1-5H3,(H,25,26). The topological polar surface area (TPSA) is 76.7 Å². The van der Waals surface area contributed by atoms with Crippen LogP contribution in [0.25, 0.3) is 0 Å². The average molecular weight is 399 g/mol. The summed E-state index contributed by atoms with van der Waals surface area (Å²) in [6.07, 6.45) is 0. The molecule has 0 aliphatic heterocycles. The molecule has 6 nitrogen and oxygen atoms in total. The van der Waals surface area contributed by atoms with E-state index in [1.54, 1.807) is 19.1 Å². The smallest absolute Gasteiger partial charge is 0.329 e. The predicted molar refractivity (Wildman–Crippen MR) is 113 cm³/mol. The third-order valence-electron chi connectivity index (χ3n) is 4.95. The number of amides is 1. The SMILES string of the molecule is COC(=O)C(C)(COc1ccccc1)NCC(=O)NC(C)c1ccc(C)c(C)c1. The second kappa shape index (κ2) is 10.1. The first kappa shape index (κ1) is 22.4. The Morgan fingerprint density at radius 3 is 2.38 bits per heavy atom. The first-order chi connectivity index (χ1) is 13.7. The number of hydrogen-bond donors (Lipinski definition) is 2. The summed E-state index contributed by atoms with van der Waals surface area (Å²) in [5, 5.41) is 5.93. The molecule has 0 radical (unpaired) electrons. The zero-order valence-corrected chi connectivity index (χ0v) is 17.7. The highest BCUT2D eigenvalue weighted by Crippen LogP contribution is 2.17. The third-order valence-corrected chi connectivity index (χ3v) is 4.95. The Bertz CT molecular complexity index is 838. The van der Waals surface area contributed by atoms with Crippen molar-refractivity contribution in [3.05, 3.63) is 65.2 Å². The van der Waals surface area contributed by atoms with Gasteiger partial charge in [-0.25, -0.2) is 4.79 Å². The molecule has 2 rings (SSSR count). The van der Waals surface area contributed by atoms with Crippen LogP contribution in [0.15, 0.2) is 48.5 Å². The van der Waals surface area contributed by atoms with E-state index in [-0.39, 0.29) is 25.1 Å². The molecule has 156 valence electrons. The Kier molecular flexibility index (Phi) is 7.79. The maximum atomic E-state index is 12.4. The first-order valence-electron chi connectivity index (χ1n) is 9.63. The summed E-state index contributed by atoms with van der Waals surface area (Å²) in [4.78, 5) is 24.7. The molecule has 2 aromatic carbocycles. The van der Waals surface area contributed by atoms with Gasteiger partial charge >= 0.3 is 5.97 Å². The van der Waals surface area contributed by atoms with Gasteiger partial charge in [-0.3, -0.25) is 10.1 Å². The summed E-state index contributed by atoms with van der Waals surface area (Å²) in [5.41, 5.74) is 2.26. The van der Waals surface area contributed by atoms with Crippen molar-refractivity contribution >= 4 is 11.9 Å². The summed E-state index contributed by atoms with van der Waals surface area (Å²) in [5.74, 6) is -0.0775. The number of aryl methyl sites for hydroxylation is 2. The Morgan fingerprint density at radius 2 is 1.76 bits per heavy atom. The van der Waals surface area contributed by atoms with E-state index in [9.17, 15) is 9.59 Å². The van der Waals surface area contributed by atoms with Crippen molar-refractivity contribution in [3.63, 3.8) is 0 Å². The molecule has 0 aliphatic carbocycles. The predicted octanol–water partition coefficient (Wildman–Crippen LogP) is 3.08. The molecule has 6 heteroatoms. The molecule has 1 amide bonds. The summed E-state index contributed by atoms with van der Waals surface area (Å²) in [6.45, 7) is 7.67. The van der Waals surface area contributed by atoms with Crippen molar-refractivity contribution in [1.82, 2.24) is 10.6 Å². The maximum absolute atomic E-state index is 12.4. The number of para-hydroxylation sites is 1. The van der Waals surface area contributed by atoms with Crippen LogP contribution in [0.3, 0.4) is 0 Å². The number of benzene rings is 2. The maximum Gasteiger partial charge on any atom is 0.329 e. The van der Waals surface area contributed by atoms with Crippen molar-refractivity contribution in [2.24, 2.45) is 0 Å². The van der Waals surface area contributed by atoms with Gasteiger partial charge in [0.1, 0.15) is 17.9 Å². The van der Waals surface area contributed by atoms with Crippen LogP contribution in [0.2, 0.25) is 0 Å². The first-order valence-corrected chi connectivity index (χ1v) is 9.63. The van der Waals surface area contributed by atoms with Crippen molar-refractivity contribution in [2.75, 3.05) is 20.3 Å². The minimum Gasteiger partial charge on any atom is -0.491 e. The molecular formula is C23H30N2O4. The third kappa shape index (κ3) is 6.32. The number of rotatable bonds is 9. The van der Waals surface area contributed by atoms with Gasteiger partial charge in [0.05, 0.1) is 19.7 Å². The van der Waals surface area contributed by atoms with Crippen LogP contribution in [0.4, 0.5) is 0 Å².